The van der Waals surface area contributed by atoms with Crippen LogP contribution >= 0.6 is 11.3 Å². The van der Waals surface area contributed by atoms with Crippen molar-refractivity contribution in [1.29, 1.82) is 0 Å². The van der Waals surface area contributed by atoms with E-state index in [4.69, 9.17) is 4.74 Å². The van der Waals surface area contributed by atoms with Crippen molar-refractivity contribution in [3.8, 4) is 22.1 Å². The maximum Gasteiger partial charge on any atom is 0.160 e. The van der Waals surface area contributed by atoms with Gasteiger partial charge in [0.05, 0.1) is 17.3 Å². The molecule has 0 bridgehead atoms. The van der Waals surface area contributed by atoms with Gasteiger partial charge in [-0.05, 0) is 36.8 Å². The number of benzene rings is 2. The van der Waals surface area contributed by atoms with Crippen LogP contribution in [0.5, 0.6) is 11.5 Å². The molecule has 0 saturated heterocycles. The van der Waals surface area contributed by atoms with Crippen molar-refractivity contribution >= 4 is 21.6 Å². The number of methoxy groups -OCH3 is 1. The first kappa shape index (κ1) is 12.0. The minimum Gasteiger partial charge on any atom is -0.504 e. The number of aromatic hydroxyl groups is 1. The second-order valence-electron chi connectivity index (χ2n) is 4.33. The van der Waals surface area contributed by atoms with Crippen molar-refractivity contribution in [2.24, 2.45) is 0 Å². The molecule has 0 atom stereocenters. The first-order chi connectivity index (χ1) is 9.19. The highest BCUT2D eigenvalue weighted by atomic mass is 32.1. The average molecular weight is 271 g/mol. The van der Waals surface area contributed by atoms with Gasteiger partial charge in [-0.25, -0.2) is 4.98 Å². The quantitative estimate of drug-likeness (QED) is 0.766. The van der Waals surface area contributed by atoms with Crippen LogP contribution in [0.2, 0.25) is 0 Å². The zero-order valence-electron chi connectivity index (χ0n) is 10.7. The molecule has 0 aliphatic carbocycles. The standard InChI is InChI=1S/C15H13NO2S/c1-9-4-3-5-13-14(9)16-15(19-13)10-6-7-12(18-2)11(17)8-10/h3-8,17H,1-2H3. The van der Waals surface area contributed by atoms with Gasteiger partial charge in [0.1, 0.15) is 5.01 Å². The Kier molecular flexibility index (Phi) is 2.87. The van der Waals surface area contributed by atoms with E-state index in [0.717, 1.165) is 26.4 Å². The average Bonchev–Trinajstić information content (AvgIpc) is 2.84. The molecule has 1 N–H and O–H groups in total. The highest BCUT2D eigenvalue weighted by Crippen LogP contribution is 2.35. The number of fused-ring (bicyclic) bond motifs is 1. The summed E-state index contributed by atoms with van der Waals surface area (Å²) < 4.78 is 6.20. The molecular weight excluding hydrogens is 258 g/mol. The van der Waals surface area contributed by atoms with E-state index in [1.807, 2.05) is 12.1 Å². The maximum absolute atomic E-state index is 9.83. The van der Waals surface area contributed by atoms with E-state index >= 15 is 0 Å². The molecule has 3 aromatic rings. The van der Waals surface area contributed by atoms with Crippen LogP contribution in [0, 0.1) is 6.92 Å². The molecule has 0 amide bonds. The number of para-hydroxylation sites is 1. The van der Waals surface area contributed by atoms with Crippen molar-refractivity contribution in [2.45, 2.75) is 6.92 Å². The lowest BCUT2D eigenvalue weighted by Gasteiger charge is -2.03. The zero-order valence-corrected chi connectivity index (χ0v) is 11.5. The van der Waals surface area contributed by atoms with Gasteiger partial charge in [0, 0.05) is 5.56 Å². The third kappa shape index (κ3) is 2.04. The van der Waals surface area contributed by atoms with Crippen LogP contribution in [0.15, 0.2) is 36.4 Å². The summed E-state index contributed by atoms with van der Waals surface area (Å²) in [5, 5.41) is 10.7. The Hall–Kier alpha value is -2.07. The number of hydrogen-bond acceptors (Lipinski definition) is 4. The Morgan fingerprint density at radius 3 is 2.74 bits per heavy atom. The van der Waals surface area contributed by atoms with E-state index in [1.165, 1.54) is 7.11 Å². The van der Waals surface area contributed by atoms with Gasteiger partial charge in [0.25, 0.3) is 0 Å². The number of thiazole rings is 1. The smallest absolute Gasteiger partial charge is 0.160 e. The molecule has 19 heavy (non-hydrogen) atoms. The molecule has 0 unspecified atom stereocenters. The van der Waals surface area contributed by atoms with E-state index in [0.29, 0.717) is 5.75 Å². The number of phenols is 1. The van der Waals surface area contributed by atoms with E-state index in [9.17, 15) is 5.11 Å². The van der Waals surface area contributed by atoms with E-state index in [2.05, 4.69) is 24.0 Å². The van der Waals surface area contributed by atoms with Crippen LogP contribution in [0.1, 0.15) is 5.56 Å². The van der Waals surface area contributed by atoms with Gasteiger partial charge in [-0.15, -0.1) is 11.3 Å². The van der Waals surface area contributed by atoms with Crippen LogP contribution in [0.25, 0.3) is 20.8 Å². The minimum absolute atomic E-state index is 0.135. The second kappa shape index (κ2) is 4.55. The predicted molar refractivity (Wildman–Crippen MR) is 78.0 cm³/mol. The van der Waals surface area contributed by atoms with Gasteiger partial charge in [0.2, 0.25) is 0 Å². The van der Waals surface area contributed by atoms with Gasteiger partial charge in [-0.3, -0.25) is 0 Å². The van der Waals surface area contributed by atoms with Crippen LogP contribution in [0.4, 0.5) is 0 Å². The molecule has 0 aliphatic rings. The lowest BCUT2D eigenvalue weighted by molar-refractivity contribution is 0.373. The minimum atomic E-state index is 0.135. The molecule has 4 heteroatoms. The first-order valence-corrected chi connectivity index (χ1v) is 6.74. The third-order valence-corrected chi connectivity index (χ3v) is 4.12. The van der Waals surface area contributed by atoms with Crippen LogP contribution < -0.4 is 4.74 Å². The van der Waals surface area contributed by atoms with E-state index < -0.39 is 0 Å². The summed E-state index contributed by atoms with van der Waals surface area (Å²) in [6.07, 6.45) is 0. The summed E-state index contributed by atoms with van der Waals surface area (Å²) in [6, 6.07) is 11.5. The van der Waals surface area contributed by atoms with Gasteiger partial charge < -0.3 is 9.84 Å². The molecule has 3 rings (SSSR count). The van der Waals surface area contributed by atoms with E-state index in [1.54, 1.807) is 23.5 Å². The fourth-order valence-electron chi connectivity index (χ4n) is 2.03. The number of nitrogens with zero attached hydrogens (tertiary/aromatic N) is 1. The zero-order chi connectivity index (χ0) is 13.4. The summed E-state index contributed by atoms with van der Waals surface area (Å²) in [4.78, 5) is 4.65. The first-order valence-electron chi connectivity index (χ1n) is 5.92. The highest BCUT2D eigenvalue weighted by Gasteiger charge is 2.10. The molecule has 0 saturated carbocycles. The number of hydrogen-bond donors (Lipinski definition) is 1. The van der Waals surface area contributed by atoms with Crippen LogP contribution in [0.3, 0.4) is 0 Å². The van der Waals surface area contributed by atoms with Crippen molar-refractivity contribution in [3.05, 3.63) is 42.0 Å². The normalized spacial score (nSPS) is 10.8. The van der Waals surface area contributed by atoms with Crippen molar-refractivity contribution in [3.63, 3.8) is 0 Å². The Bertz CT molecular complexity index is 749. The molecule has 0 aliphatic heterocycles. The molecule has 0 spiro atoms. The second-order valence-corrected chi connectivity index (χ2v) is 5.36. The molecule has 96 valence electrons. The summed E-state index contributed by atoms with van der Waals surface area (Å²) in [5.74, 6) is 0.608. The molecular formula is C15H13NO2S. The van der Waals surface area contributed by atoms with Crippen molar-refractivity contribution < 1.29 is 9.84 Å². The number of phenolic OH excluding ortho intramolecular Hbond substituents is 1. The number of ether oxygens (including phenoxy) is 1. The van der Waals surface area contributed by atoms with Gasteiger partial charge >= 0.3 is 0 Å². The Labute approximate surface area is 115 Å². The Balaban J connectivity index is 2.14. The van der Waals surface area contributed by atoms with Crippen molar-refractivity contribution in [2.75, 3.05) is 7.11 Å². The predicted octanol–water partition coefficient (Wildman–Crippen LogP) is 3.99. The molecule has 3 nitrogen and oxygen atoms in total. The highest BCUT2D eigenvalue weighted by molar-refractivity contribution is 7.21. The lowest BCUT2D eigenvalue weighted by atomic mass is 10.2. The summed E-state index contributed by atoms with van der Waals surface area (Å²) in [5.41, 5.74) is 3.09. The maximum atomic E-state index is 9.83. The summed E-state index contributed by atoms with van der Waals surface area (Å²) in [7, 11) is 1.54. The molecule has 1 aromatic heterocycles. The van der Waals surface area contributed by atoms with E-state index in [-0.39, 0.29) is 5.75 Å². The summed E-state index contributed by atoms with van der Waals surface area (Å²) in [6.45, 7) is 2.05. The van der Waals surface area contributed by atoms with Crippen molar-refractivity contribution in [1.82, 2.24) is 4.98 Å². The van der Waals surface area contributed by atoms with Gasteiger partial charge in [-0.2, -0.15) is 0 Å². The van der Waals surface area contributed by atoms with Gasteiger partial charge in [-0.1, -0.05) is 12.1 Å². The van der Waals surface area contributed by atoms with Crippen LogP contribution in [-0.2, 0) is 0 Å². The Morgan fingerprint density at radius 2 is 2.05 bits per heavy atom. The number of rotatable bonds is 2. The monoisotopic (exact) mass is 271 g/mol. The number of aryl methyl sites for hydroxylation is 1. The SMILES string of the molecule is COc1ccc(-c2nc3c(C)cccc3s2)cc1O. The fourth-order valence-corrected chi connectivity index (χ4v) is 3.07. The summed E-state index contributed by atoms with van der Waals surface area (Å²) >= 11 is 1.62. The van der Waals surface area contributed by atoms with Gasteiger partial charge in [0.15, 0.2) is 11.5 Å². The number of aromatic nitrogens is 1. The van der Waals surface area contributed by atoms with Crippen LogP contribution in [-0.4, -0.2) is 17.2 Å². The topological polar surface area (TPSA) is 42.4 Å². The molecule has 2 aromatic carbocycles. The lowest BCUT2D eigenvalue weighted by Crippen LogP contribution is -1.84. The third-order valence-electron chi connectivity index (χ3n) is 3.05. The molecule has 0 radical (unpaired) electrons. The largest absolute Gasteiger partial charge is 0.504 e. The molecule has 0 fully saturated rings. The molecule has 1 heterocycles. The fraction of sp³-hybridized carbons (Fsp3) is 0.133. The Morgan fingerprint density at radius 1 is 1.21 bits per heavy atom.